The van der Waals surface area contributed by atoms with Gasteiger partial charge < -0.3 is 10.8 Å². The third-order valence-electron chi connectivity index (χ3n) is 2.43. The van der Waals surface area contributed by atoms with Gasteiger partial charge in [-0.25, -0.2) is 0 Å². The van der Waals surface area contributed by atoms with Crippen LogP contribution >= 0.6 is 0 Å². The number of hydrogen-bond acceptors (Lipinski definition) is 3. The molecule has 2 atom stereocenters. The van der Waals surface area contributed by atoms with Crippen LogP contribution in [0.2, 0.25) is 0 Å². The lowest BCUT2D eigenvalue weighted by molar-refractivity contribution is 0.207. The summed E-state index contributed by atoms with van der Waals surface area (Å²) in [4.78, 5) is 0.747. The minimum absolute atomic E-state index is 0.149. The van der Waals surface area contributed by atoms with Crippen molar-refractivity contribution in [2.24, 2.45) is 5.73 Å². The first-order valence-electron chi connectivity index (χ1n) is 5.41. The monoisotopic (exact) mass is 241 g/mol. The Morgan fingerprint density at radius 3 is 2.31 bits per heavy atom. The number of aliphatic hydroxyl groups is 1. The van der Waals surface area contributed by atoms with E-state index in [2.05, 4.69) is 13.8 Å². The Kier molecular flexibility index (Phi) is 5.12. The van der Waals surface area contributed by atoms with Crippen LogP contribution in [0.5, 0.6) is 0 Å². The normalized spacial score (nSPS) is 15.1. The van der Waals surface area contributed by atoms with E-state index in [1.807, 2.05) is 24.3 Å². The number of hydrogen-bond donors (Lipinski definition) is 2. The highest BCUT2D eigenvalue weighted by atomic mass is 32.2. The van der Waals surface area contributed by atoms with Gasteiger partial charge in [0.1, 0.15) is 0 Å². The number of benzene rings is 1. The minimum Gasteiger partial charge on any atom is -0.391 e. The Hall–Kier alpha value is -0.710. The third-order valence-corrected chi connectivity index (χ3v) is 3.91. The molecule has 0 aliphatic rings. The molecule has 4 heteroatoms. The van der Waals surface area contributed by atoms with Crippen molar-refractivity contribution in [1.29, 1.82) is 0 Å². The molecule has 1 rings (SSSR count). The Balaban J connectivity index is 2.70. The van der Waals surface area contributed by atoms with Gasteiger partial charge in [-0.3, -0.25) is 4.21 Å². The molecule has 0 radical (unpaired) electrons. The van der Waals surface area contributed by atoms with Crippen LogP contribution in [-0.4, -0.2) is 27.7 Å². The summed E-state index contributed by atoms with van der Waals surface area (Å²) in [6.45, 7) is 4.38. The summed E-state index contributed by atoms with van der Waals surface area (Å²) >= 11 is 0. The molecule has 0 amide bonds. The average Bonchev–Trinajstić information content (AvgIpc) is 2.28. The zero-order valence-electron chi connectivity index (χ0n) is 9.72. The fraction of sp³-hybridized carbons (Fsp3) is 0.500. The molecule has 0 aliphatic carbocycles. The minimum atomic E-state index is -1.16. The van der Waals surface area contributed by atoms with Crippen LogP contribution in [0.25, 0.3) is 0 Å². The second-order valence-corrected chi connectivity index (χ2v) is 5.62. The SMILES string of the molecule is CC(C)c1ccc(S(=O)CC(O)CN)cc1. The first-order valence-corrected chi connectivity index (χ1v) is 6.73. The van der Waals surface area contributed by atoms with Gasteiger partial charge in [-0.15, -0.1) is 0 Å². The van der Waals surface area contributed by atoms with E-state index in [0.717, 1.165) is 4.90 Å². The first-order chi connectivity index (χ1) is 7.54. The highest BCUT2D eigenvalue weighted by Crippen LogP contribution is 2.16. The summed E-state index contributed by atoms with van der Waals surface area (Å²) in [6.07, 6.45) is -0.689. The van der Waals surface area contributed by atoms with Gasteiger partial charge >= 0.3 is 0 Å². The van der Waals surface area contributed by atoms with Crippen molar-refractivity contribution in [3.63, 3.8) is 0 Å². The van der Waals surface area contributed by atoms with Crippen molar-refractivity contribution < 1.29 is 9.32 Å². The van der Waals surface area contributed by atoms with Crippen LogP contribution in [0.15, 0.2) is 29.2 Å². The second kappa shape index (κ2) is 6.13. The Bertz CT molecular complexity index is 349. The van der Waals surface area contributed by atoms with Crippen molar-refractivity contribution in [3.05, 3.63) is 29.8 Å². The van der Waals surface area contributed by atoms with E-state index in [0.29, 0.717) is 5.92 Å². The fourth-order valence-electron chi connectivity index (χ4n) is 1.34. The van der Waals surface area contributed by atoms with E-state index in [4.69, 9.17) is 5.73 Å². The lowest BCUT2D eigenvalue weighted by Crippen LogP contribution is -2.25. The molecule has 90 valence electrons. The molecule has 1 aromatic rings. The summed E-state index contributed by atoms with van der Waals surface area (Å²) in [5, 5.41) is 9.31. The standard InChI is InChI=1S/C12H19NO2S/c1-9(2)10-3-5-12(6-4-10)16(15)8-11(14)7-13/h3-6,9,11,14H,7-8,13H2,1-2H3. The van der Waals surface area contributed by atoms with Gasteiger partial charge in [0.15, 0.2) is 0 Å². The van der Waals surface area contributed by atoms with Crippen molar-refractivity contribution in [2.75, 3.05) is 12.3 Å². The molecule has 0 saturated carbocycles. The lowest BCUT2D eigenvalue weighted by Gasteiger charge is -2.09. The van der Waals surface area contributed by atoms with E-state index in [1.54, 1.807) is 0 Å². The topological polar surface area (TPSA) is 63.3 Å². The molecule has 0 fully saturated rings. The van der Waals surface area contributed by atoms with Crippen molar-refractivity contribution >= 4 is 10.8 Å². The quantitative estimate of drug-likeness (QED) is 0.815. The van der Waals surface area contributed by atoms with Gasteiger partial charge in [0, 0.05) is 11.4 Å². The first kappa shape index (κ1) is 13.4. The highest BCUT2D eigenvalue weighted by Gasteiger charge is 2.10. The molecule has 0 heterocycles. The van der Waals surface area contributed by atoms with Crippen molar-refractivity contribution in [2.45, 2.75) is 30.8 Å². The van der Waals surface area contributed by atoms with E-state index >= 15 is 0 Å². The van der Waals surface area contributed by atoms with E-state index in [1.165, 1.54) is 5.56 Å². The molecule has 0 saturated heterocycles. The molecule has 0 bridgehead atoms. The van der Waals surface area contributed by atoms with Crippen LogP contribution in [0.1, 0.15) is 25.3 Å². The van der Waals surface area contributed by atoms with Gasteiger partial charge in [0.2, 0.25) is 0 Å². The summed E-state index contributed by atoms with van der Waals surface area (Å²) in [7, 11) is -1.16. The summed E-state index contributed by atoms with van der Waals surface area (Å²) in [6, 6.07) is 7.67. The zero-order valence-corrected chi connectivity index (χ0v) is 10.5. The molecular formula is C12H19NO2S. The molecular weight excluding hydrogens is 222 g/mol. The van der Waals surface area contributed by atoms with Crippen LogP contribution in [0, 0.1) is 0 Å². The maximum absolute atomic E-state index is 11.8. The summed E-state index contributed by atoms with van der Waals surface area (Å²) in [5.41, 5.74) is 6.50. The zero-order chi connectivity index (χ0) is 12.1. The fourth-order valence-corrected chi connectivity index (χ4v) is 2.46. The maximum atomic E-state index is 11.8. The van der Waals surface area contributed by atoms with Gasteiger partial charge in [-0.05, 0) is 23.6 Å². The molecule has 3 N–H and O–H groups in total. The molecule has 16 heavy (non-hydrogen) atoms. The van der Waals surface area contributed by atoms with Gasteiger partial charge in [-0.1, -0.05) is 26.0 Å². The number of nitrogens with two attached hydrogens (primary N) is 1. The molecule has 0 spiro atoms. The highest BCUT2D eigenvalue weighted by molar-refractivity contribution is 7.85. The van der Waals surface area contributed by atoms with Crippen LogP contribution in [0.3, 0.4) is 0 Å². The predicted molar refractivity (Wildman–Crippen MR) is 66.9 cm³/mol. The van der Waals surface area contributed by atoms with Crippen LogP contribution < -0.4 is 5.73 Å². The van der Waals surface area contributed by atoms with Crippen molar-refractivity contribution in [3.8, 4) is 0 Å². The smallest absolute Gasteiger partial charge is 0.0781 e. The molecule has 0 aromatic heterocycles. The Morgan fingerprint density at radius 2 is 1.88 bits per heavy atom. The predicted octanol–water partition coefficient (Wildman–Crippen LogP) is 1.24. The number of rotatable bonds is 5. The molecule has 1 aromatic carbocycles. The van der Waals surface area contributed by atoms with E-state index in [-0.39, 0.29) is 12.3 Å². The Labute approximate surface area is 99.1 Å². The largest absolute Gasteiger partial charge is 0.391 e. The van der Waals surface area contributed by atoms with E-state index in [9.17, 15) is 9.32 Å². The molecule has 0 aliphatic heterocycles. The van der Waals surface area contributed by atoms with Gasteiger partial charge in [0.25, 0.3) is 0 Å². The van der Waals surface area contributed by atoms with Crippen molar-refractivity contribution in [1.82, 2.24) is 0 Å². The van der Waals surface area contributed by atoms with Gasteiger partial charge in [0.05, 0.1) is 22.7 Å². The molecule has 2 unspecified atom stereocenters. The van der Waals surface area contributed by atoms with Crippen LogP contribution in [-0.2, 0) is 10.8 Å². The molecule has 3 nitrogen and oxygen atoms in total. The van der Waals surface area contributed by atoms with E-state index < -0.39 is 16.9 Å². The third kappa shape index (κ3) is 3.70. The Morgan fingerprint density at radius 1 is 1.31 bits per heavy atom. The maximum Gasteiger partial charge on any atom is 0.0781 e. The lowest BCUT2D eigenvalue weighted by atomic mass is 10.0. The van der Waals surface area contributed by atoms with Gasteiger partial charge in [-0.2, -0.15) is 0 Å². The number of aliphatic hydroxyl groups excluding tert-OH is 1. The van der Waals surface area contributed by atoms with Crippen LogP contribution in [0.4, 0.5) is 0 Å². The average molecular weight is 241 g/mol. The summed E-state index contributed by atoms with van der Waals surface area (Å²) in [5.74, 6) is 0.675. The second-order valence-electron chi connectivity index (χ2n) is 4.13. The summed E-state index contributed by atoms with van der Waals surface area (Å²) < 4.78 is 11.8.